The minimum atomic E-state index is -3.31. The van der Waals surface area contributed by atoms with E-state index in [9.17, 15) is 18.0 Å². The predicted octanol–water partition coefficient (Wildman–Crippen LogP) is 1.86. The summed E-state index contributed by atoms with van der Waals surface area (Å²) in [7, 11) is -3.31. The van der Waals surface area contributed by atoms with Gasteiger partial charge in [0.05, 0.1) is 5.75 Å². The molecule has 1 N–H and O–H groups in total. The zero-order chi connectivity index (χ0) is 21.3. The van der Waals surface area contributed by atoms with Gasteiger partial charge < -0.3 is 19.7 Å². The van der Waals surface area contributed by atoms with E-state index in [0.29, 0.717) is 36.0 Å². The van der Waals surface area contributed by atoms with Crippen molar-refractivity contribution >= 4 is 27.3 Å². The molecule has 0 aromatic heterocycles. The highest BCUT2D eigenvalue weighted by molar-refractivity contribution is 7.90. The van der Waals surface area contributed by atoms with E-state index in [-0.39, 0.29) is 24.6 Å². The molecule has 9 heteroatoms. The lowest BCUT2D eigenvalue weighted by Crippen LogP contribution is -2.45. The van der Waals surface area contributed by atoms with Gasteiger partial charge in [0.15, 0.2) is 11.5 Å². The van der Waals surface area contributed by atoms with Crippen LogP contribution in [0.4, 0.5) is 5.69 Å². The highest BCUT2D eigenvalue weighted by atomic mass is 32.2. The van der Waals surface area contributed by atoms with Crippen molar-refractivity contribution in [3.05, 3.63) is 53.6 Å². The third-order valence-electron chi connectivity index (χ3n) is 5.10. The molecule has 2 aliphatic heterocycles. The van der Waals surface area contributed by atoms with Crippen molar-refractivity contribution < 1.29 is 27.5 Å². The molecular formula is C21H22N2O6S. The molecule has 2 amide bonds. The Labute approximate surface area is 174 Å². The first-order chi connectivity index (χ1) is 14.3. The van der Waals surface area contributed by atoms with Crippen LogP contribution >= 0.6 is 0 Å². The highest BCUT2D eigenvalue weighted by Gasteiger charge is 2.36. The van der Waals surface area contributed by atoms with Crippen molar-refractivity contribution in [1.29, 1.82) is 0 Å². The summed E-state index contributed by atoms with van der Waals surface area (Å²) in [6, 6.07) is 11.3. The maximum Gasteiger partial charge on any atom is 0.255 e. The van der Waals surface area contributed by atoms with Crippen LogP contribution in [0.1, 0.15) is 22.3 Å². The molecule has 158 valence electrons. The summed E-state index contributed by atoms with van der Waals surface area (Å²) in [4.78, 5) is 27.4. The topological polar surface area (TPSA) is 102 Å². The fourth-order valence-corrected chi connectivity index (χ4v) is 4.28. The lowest BCUT2D eigenvalue weighted by molar-refractivity contribution is -0.120. The monoisotopic (exact) mass is 430 g/mol. The van der Waals surface area contributed by atoms with Crippen LogP contribution in [0.15, 0.2) is 42.5 Å². The Morgan fingerprint density at radius 3 is 2.60 bits per heavy atom. The van der Waals surface area contributed by atoms with Gasteiger partial charge in [-0.3, -0.25) is 9.59 Å². The number of sulfone groups is 1. The van der Waals surface area contributed by atoms with Crippen molar-refractivity contribution in [2.75, 3.05) is 30.5 Å². The smallest absolute Gasteiger partial charge is 0.255 e. The molecule has 1 atom stereocenters. The standard InChI is InChI=1S/C21H22N2O6S/c1-30(26,27)11-8-17(23-13-14-4-2-3-5-16(14)21(23)25)20(24)22-15-6-7-18-19(12-15)29-10-9-28-18/h2-7,12,17H,8-11,13H2,1H3,(H,22,24)/t17-/m1/s1. The number of nitrogens with zero attached hydrogens (tertiary/aromatic N) is 1. The fraction of sp³-hybridized carbons (Fsp3) is 0.333. The number of fused-ring (bicyclic) bond motifs is 2. The van der Waals surface area contributed by atoms with Gasteiger partial charge in [0.25, 0.3) is 5.91 Å². The number of carbonyl (C=O) groups excluding carboxylic acids is 2. The minimum absolute atomic E-state index is 0.00888. The molecule has 0 bridgehead atoms. The molecule has 0 spiro atoms. The van der Waals surface area contributed by atoms with E-state index in [4.69, 9.17) is 9.47 Å². The first kappa shape index (κ1) is 20.2. The van der Waals surface area contributed by atoms with Gasteiger partial charge in [0.1, 0.15) is 29.1 Å². The molecule has 2 heterocycles. The quantitative estimate of drug-likeness (QED) is 0.751. The molecule has 0 aliphatic carbocycles. The van der Waals surface area contributed by atoms with Crippen molar-refractivity contribution in [2.45, 2.75) is 19.0 Å². The number of benzene rings is 2. The molecular weight excluding hydrogens is 408 g/mol. The number of nitrogens with one attached hydrogen (secondary N) is 1. The molecule has 30 heavy (non-hydrogen) atoms. The maximum absolute atomic E-state index is 13.1. The summed E-state index contributed by atoms with van der Waals surface area (Å²) < 4.78 is 34.5. The first-order valence-electron chi connectivity index (χ1n) is 9.59. The number of ether oxygens (including phenoxy) is 2. The molecule has 0 radical (unpaired) electrons. The van der Waals surface area contributed by atoms with Gasteiger partial charge in [-0.25, -0.2) is 8.42 Å². The van der Waals surface area contributed by atoms with Gasteiger partial charge in [-0.2, -0.15) is 0 Å². The third kappa shape index (κ3) is 4.25. The van der Waals surface area contributed by atoms with Gasteiger partial charge in [0, 0.05) is 30.1 Å². The van der Waals surface area contributed by atoms with E-state index in [1.807, 2.05) is 12.1 Å². The number of hydrogen-bond acceptors (Lipinski definition) is 6. The zero-order valence-corrected chi connectivity index (χ0v) is 17.3. The van der Waals surface area contributed by atoms with Crippen molar-refractivity contribution in [2.24, 2.45) is 0 Å². The Hall–Kier alpha value is -3.07. The van der Waals surface area contributed by atoms with Crippen LogP contribution in [0.25, 0.3) is 0 Å². The second kappa shape index (κ2) is 7.98. The predicted molar refractivity (Wildman–Crippen MR) is 110 cm³/mol. The number of amides is 2. The van der Waals surface area contributed by atoms with E-state index >= 15 is 0 Å². The maximum atomic E-state index is 13.1. The first-order valence-corrected chi connectivity index (χ1v) is 11.6. The summed E-state index contributed by atoms with van der Waals surface area (Å²) in [5, 5.41) is 2.79. The Bertz CT molecular complexity index is 1100. The van der Waals surface area contributed by atoms with E-state index in [1.54, 1.807) is 30.3 Å². The summed E-state index contributed by atoms with van der Waals surface area (Å²) in [5.74, 6) is 0.194. The number of carbonyl (C=O) groups is 2. The van der Waals surface area contributed by atoms with Crippen LogP contribution in [0, 0.1) is 0 Å². The largest absolute Gasteiger partial charge is 0.486 e. The minimum Gasteiger partial charge on any atom is -0.486 e. The van der Waals surface area contributed by atoms with Crippen molar-refractivity contribution in [1.82, 2.24) is 4.90 Å². The molecule has 2 aromatic rings. The molecule has 0 saturated heterocycles. The number of anilines is 1. The van der Waals surface area contributed by atoms with E-state index in [0.717, 1.165) is 11.8 Å². The average molecular weight is 430 g/mol. The second-order valence-corrected chi connectivity index (χ2v) is 9.63. The van der Waals surface area contributed by atoms with Gasteiger partial charge in [0.2, 0.25) is 5.91 Å². The van der Waals surface area contributed by atoms with Crippen molar-refractivity contribution in [3.8, 4) is 11.5 Å². The Morgan fingerprint density at radius 1 is 1.13 bits per heavy atom. The van der Waals surface area contributed by atoms with Crippen LogP contribution in [-0.2, 0) is 21.2 Å². The lowest BCUT2D eigenvalue weighted by atomic mass is 10.1. The van der Waals surface area contributed by atoms with Crippen LogP contribution in [0.3, 0.4) is 0 Å². The summed E-state index contributed by atoms with van der Waals surface area (Å²) in [6.07, 6.45) is 1.12. The van der Waals surface area contributed by atoms with E-state index in [2.05, 4.69) is 5.32 Å². The Balaban J connectivity index is 1.56. The molecule has 4 rings (SSSR count). The molecule has 8 nitrogen and oxygen atoms in total. The van der Waals surface area contributed by atoms with Crippen molar-refractivity contribution in [3.63, 3.8) is 0 Å². The van der Waals surface area contributed by atoms with Gasteiger partial charge in [-0.1, -0.05) is 18.2 Å². The zero-order valence-electron chi connectivity index (χ0n) is 16.5. The lowest BCUT2D eigenvalue weighted by Gasteiger charge is -2.27. The van der Waals surface area contributed by atoms with Crippen LogP contribution in [0.5, 0.6) is 11.5 Å². The molecule has 2 aliphatic rings. The summed E-state index contributed by atoms with van der Waals surface area (Å²) in [6.45, 7) is 1.14. The SMILES string of the molecule is CS(=O)(=O)CC[C@H](C(=O)Nc1ccc2c(c1)OCCO2)N1Cc2ccccc2C1=O. The molecule has 2 aromatic carbocycles. The average Bonchev–Trinajstić information content (AvgIpc) is 3.04. The molecule has 0 fully saturated rings. The van der Waals surface area contributed by atoms with Crippen LogP contribution in [0.2, 0.25) is 0 Å². The second-order valence-electron chi connectivity index (χ2n) is 7.37. The Kier molecular flexibility index (Phi) is 5.38. The Morgan fingerprint density at radius 2 is 1.87 bits per heavy atom. The highest BCUT2D eigenvalue weighted by Crippen LogP contribution is 2.33. The van der Waals surface area contributed by atoms with Crippen LogP contribution < -0.4 is 14.8 Å². The molecule has 0 unspecified atom stereocenters. The summed E-state index contributed by atoms with van der Waals surface area (Å²) in [5.41, 5.74) is 1.84. The number of rotatable bonds is 6. The van der Waals surface area contributed by atoms with Crippen LogP contribution in [-0.4, -0.2) is 56.4 Å². The van der Waals surface area contributed by atoms with Gasteiger partial charge in [-0.15, -0.1) is 0 Å². The third-order valence-corrected chi connectivity index (χ3v) is 6.08. The number of hydrogen-bond donors (Lipinski definition) is 1. The van der Waals surface area contributed by atoms with Gasteiger partial charge in [-0.05, 0) is 30.2 Å². The molecule has 0 saturated carbocycles. The van der Waals surface area contributed by atoms with Gasteiger partial charge >= 0.3 is 0 Å². The van der Waals surface area contributed by atoms with E-state index in [1.165, 1.54) is 4.90 Å². The fourth-order valence-electron chi connectivity index (χ4n) is 3.63. The summed E-state index contributed by atoms with van der Waals surface area (Å²) >= 11 is 0. The normalized spacial score (nSPS) is 16.2. The van der Waals surface area contributed by atoms with E-state index < -0.39 is 21.8 Å².